The molecule has 3 rings (SSSR count). The van der Waals surface area contributed by atoms with Gasteiger partial charge in [0.2, 0.25) is 5.79 Å². The van der Waals surface area contributed by atoms with Crippen molar-refractivity contribution in [3.63, 3.8) is 0 Å². The highest BCUT2D eigenvalue weighted by atomic mass is 79.9. The predicted octanol–water partition coefficient (Wildman–Crippen LogP) is 5.69. The van der Waals surface area contributed by atoms with Crippen molar-refractivity contribution in [1.82, 2.24) is 0 Å². The van der Waals surface area contributed by atoms with Crippen molar-refractivity contribution in [3.05, 3.63) is 63.1 Å². The number of rotatable bonds is 5. The Labute approximate surface area is 163 Å². The molecule has 128 valence electrons. The molecule has 2 atom stereocenters. The van der Waals surface area contributed by atoms with Crippen LogP contribution in [-0.4, -0.2) is 24.6 Å². The normalized spacial score (nSPS) is 23.4. The van der Waals surface area contributed by atoms with Crippen LogP contribution in [0.25, 0.3) is 0 Å². The minimum Gasteiger partial charge on any atom is -0.488 e. The Morgan fingerprint density at radius 2 is 1.75 bits per heavy atom. The van der Waals surface area contributed by atoms with Gasteiger partial charge in [0.25, 0.3) is 0 Å². The topological polar surface area (TPSA) is 27.7 Å². The van der Waals surface area contributed by atoms with Crippen molar-refractivity contribution in [1.29, 1.82) is 0 Å². The van der Waals surface area contributed by atoms with Gasteiger partial charge in [0.1, 0.15) is 12.7 Å². The summed E-state index contributed by atoms with van der Waals surface area (Å²) in [6.07, 6.45) is -0.245. The van der Waals surface area contributed by atoms with Crippen LogP contribution in [0, 0.1) is 0 Å². The highest BCUT2D eigenvalue weighted by Gasteiger charge is 2.42. The summed E-state index contributed by atoms with van der Waals surface area (Å²) in [6.45, 7) is 0.683. The molecule has 0 aliphatic carbocycles. The van der Waals surface area contributed by atoms with Gasteiger partial charge in [-0.3, -0.25) is 0 Å². The Balaban J connectivity index is 1.69. The fourth-order valence-electron chi connectivity index (χ4n) is 2.45. The summed E-state index contributed by atoms with van der Waals surface area (Å²) in [5, 5.41) is 2.08. The monoisotopic (exact) mass is 450 g/mol. The van der Waals surface area contributed by atoms with Gasteiger partial charge in [-0.05, 0) is 24.3 Å². The second-order valence-electron chi connectivity index (χ2n) is 5.31. The smallest absolute Gasteiger partial charge is 0.205 e. The lowest BCUT2D eigenvalue weighted by Gasteiger charge is -2.26. The standard InChI is InChI=1S/C17H14BrCl3O3/c18-10-17(11-4-6-12(19)7-5-11)23-9-13(24-17)8-22-16-14(20)2-1-3-15(16)21/h1-7,13H,8-10H2. The van der Waals surface area contributed by atoms with Crippen molar-refractivity contribution >= 4 is 50.7 Å². The van der Waals surface area contributed by atoms with Crippen molar-refractivity contribution in [2.24, 2.45) is 0 Å². The van der Waals surface area contributed by atoms with Gasteiger partial charge in [-0.25, -0.2) is 0 Å². The second-order valence-corrected chi connectivity index (χ2v) is 7.12. The summed E-state index contributed by atoms with van der Waals surface area (Å²) in [5.41, 5.74) is 0.891. The van der Waals surface area contributed by atoms with Crippen LogP contribution in [0.2, 0.25) is 15.1 Å². The van der Waals surface area contributed by atoms with Crippen LogP contribution in [0.3, 0.4) is 0 Å². The minimum absolute atomic E-state index is 0.245. The minimum atomic E-state index is -0.858. The van der Waals surface area contributed by atoms with E-state index >= 15 is 0 Å². The third-order valence-electron chi connectivity index (χ3n) is 3.65. The maximum atomic E-state index is 6.11. The summed E-state index contributed by atoms with van der Waals surface area (Å²) in [6, 6.07) is 12.6. The first-order chi connectivity index (χ1) is 11.5. The van der Waals surface area contributed by atoms with Crippen molar-refractivity contribution < 1.29 is 14.2 Å². The largest absolute Gasteiger partial charge is 0.488 e. The van der Waals surface area contributed by atoms with Gasteiger partial charge in [0.15, 0.2) is 5.75 Å². The van der Waals surface area contributed by atoms with Crippen LogP contribution in [0.1, 0.15) is 5.56 Å². The molecule has 2 aromatic rings. The van der Waals surface area contributed by atoms with Gasteiger partial charge in [-0.2, -0.15) is 0 Å². The van der Waals surface area contributed by atoms with Crippen LogP contribution in [0.4, 0.5) is 0 Å². The fraction of sp³-hybridized carbons (Fsp3) is 0.294. The van der Waals surface area contributed by atoms with E-state index in [1.54, 1.807) is 30.3 Å². The van der Waals surface area contributed by atoms with E-state index in [0.717, 1.165) is 5.56 Å². The van der Waals surface area contributed by atoms with Gasteiger partial charge in [0, 0.05) is 10.6 Å². The number of para-hydroxylation sites is 1. The average Bonchev–Trinajstić information content (AvgIpc) is 3.00. The number of alkyl halides is 1. The van der Waals surface area contributed by atoms with Crippen LogP contribution < -0.4 is 4.74 Å². The molecule has 2 unspecified atom stereocenters. The zero-order chi connectivity index (χ0) is 17.2. The molecule has 0 saturated carbocycles. The lowest BCUT2D eigenvalue weighted by atomic mass is 10.1. The number of benzene rings is 2. The molecule has 7 heteroatoms. The maximum Gasteiger partial charge on any atom is 0.205 e. The molecule has 2 aromatic carbocycles. The predicted molar refractivity (Wildman–Crippen MR) is 99.7 cm³/mol. The first-order valence-electron chi connectivity index (χ1n) is 7.25. The molecule has 1 fully saturated rings. The molecule has 3 nitrogen and oxygen atoms in total. The molecular formula is C17H14BrCl3O3. The number of hydrogen-bond acceptors (Lipinski definition) is 3. The Hall–Kier alpha value is -0.490. The maximum absolute atomic E-state index is 6.11. The summed E-state index contributed by atoms with van der Waals surface area (Å²) in [5.74, 6) is -0.407. The highest BCUT2D eigenvalue weighted by Crippen LogP contribution is 2.38. The SMILES string of the molecule is Clc1ccc(C2(CBr)OCC(COc3c(Cl)cccc3Cl)O2)cc1. The van der Waals surface area contributed by atoms with E-state index in [-0.39, 0.29) is 12.7 Å². The van der Waals surface area contributed by atoms with E-state index < -0.39 is 5.79 Å². The highest BCUT2D eigenvalue weighted by molar-refractivity contribution is 9.09. The van der Waals surface area contributed by atoms with E-state index in [0.29, 0.717) is 32.8 Å². The lowest BCUT2D eigenvalue weighted by Crippen LogP contribution is -2.31. The Kier molecular flexibility index (Phi) is 5.96. The molecule has 0 bridgehead atoms. The molecule has 1 heterocycles. The first kappa shape index (κ1) is 18.3. The van der Waals surface area contributed by atoms with E-state index in [1.165, 1.54) is 0 Å². The molecule has 0 radical (unpaired) electrons. The average molecular weight is 453 g/mol. The van der Waals surface area contributed by atoms with E-state index in [2.05, 4.69) is 15.9 Å². The van der Waals surface area contributed by atoms with Crippen molar-refractivity contribution in [2.75, 3.05) is 18.5 Å². The van der Waals surface area contributed by atoms with Gasteiger partial charge < -0.3 is 14.2 Å². The van der Waals surface area contributed by atoms with E-state index in [4.69, 9.17) is 49.0 Å². The van der Waals surface area contributed by atoms with Gasteiger partial charge in [-0.15, -0.1) is 0 Å². The van der Waals surface area contributed by atoms with Crippen LogP contribution >= 0.6 is 50.7 Å². The van der Waals surface area contributed by atoms with E-state index in [1.807, 2.05) is 12.1 Å². The lowest BCUT2D eigenvalue weighted by molar-refractivity contribution is -0.159. The molecule has 1 aliphatic rings. The molecule has 1 aliphatic heterocycles. The zero-order valence-corrected chi connectivity index (χ0v) is 16.3. The van der Waals surface area contributed by atoms with Crippen LogP contribution in [0.5, 0.6) is 5.75 Å². The first-order valence-corrected chi connectivity index (χ1v) is 9.50. The molecule has 0 aromatic heterocycles. The number of halogens is 4. The molecule has 24 heavy (non-hydrogen) atoms. The quantitative estimate of drug-likeness (QED) is 0.546. The molecule has 1 saturated heterocycles. The Morgan fingerprint density at radius 1 is 1.08 bits per heavy atom. The van der Waals surface area contributed by atoms with Crippen molar-refractivity contribution in [3.8, 4) is 5.75 Å². The van der Waals surface area contributed by atoms with Crippen LogP contribution in [0.15, 0.2) is 42.5 Å². The Morgan fingerprint density at radius 3 is 2.38 bits per heavy atom. The Bertz CT molecular complexity index is 690. The third kappa shape index (κ3) is 3.85. The summed E-state index contributed by atoms with van der Waals surface area (Å²) in [4.78, 5) is 0. The van der Waals surface area contributed by atoms with Gasteiger partial charge >= 0.3 is 0 Å². The van der Waals surface area contributed by atoms with Crippen molar-refractivity contribution in [2.45, 2.75) is 11.9 Å². The number of ether oxygens (including phenoxy) is 3. The molecule has 0 N–H and O–H groups in total. The van der Waals surface area contributed by atoms with E-state index in [9.17, 15) is 0 Å². The molecule has 0 amide bonds. The summed E-state index contributed by atoms with van der Waals surface area (Å²) < 4.78 is 17.8. The third-order valence-corrected chi connectivity index (χ3v) is 5.24. The second kappa shape index (κ2) is 7.81. The zero-order valence-electron chi connectivity index (χ0n) is 12.5. The fourth-order valence-corrected chi connectivity index (χ4v) is 3.70. The molecular weight excluding hydrogens is 438 g/mol. The number of hydrogen-bond donors (Lipinski definition) is 0. The van der Waals surface area contributed by atoms with Gasteiger partial charge in [0.05, 0.1) is 22.0 Å². The molecule has 0 spiro atoms. The summed E-state index contributed by atoms with van der Waals surface area (Å²) in [7, 11) is 0. The summed E-state index contributed by atoms with van der Waals surface area (Å²) >= 11 is 21.6. The van der Waals surface area contributed by atoms with Gasteiger partial charge in [-0.1, -0.05) is 68.9 Å². The van der Waals surface area contributed by atoms with Crippen LogP contribution in [-0.2, 0) is 15.3 Å².